The average molecular weight is 383 g/mol. The SMILES string of the molecule is Cc1noc(-c2ccc(N3CCCn4nc(CN(C)CCO)cc4C3)nc2)n1. The largest absolute Gasteiger partial charge is 0.395 e. The van der Waals surface area contributed by atoms with Crippen molar-refractivity contribution in [2.45, 2.75) is 33.0 Å². The van der Waals surface area contributed by atoms with Gasteiger partial charge in [0.2, 0.25) is 0 Å². The zero-order valence-electron chi connectivity index (χ0n) is 16.2. The highest BCUT2D eigenvalue weighted by Gasteiger charge is 2.19. The van der Waals surface area contributed by atoms with Crippen LogP contribution < -0.4 is 4.90 Å². The minimum atomic E-state index is 0.155. The van der Waals surface area contributed by atoms with E-state index >= 15 is 0 Å². The van der Waals surface area contributed by atoms with Crippen LogP contribution in [0.3, 0.4) is 0 Å². The molecule has 0 amide bonds. The molecule has 1 aliphatic rings. The number of pyridine rings is 1. The van der Waals surface area contributed by atoms with Crippen molar-refractivity contribution in [3.05, 3.63) is 41.6 Å². The van der Waals surface area contributed by atoms with Crippen molar-refractivity contribution < 1.29 is 9.63 Å². The summed E-state index contributed by atoms with van der Waals surface area (Å²) < 4.78 is 7.30. The summed E-state index contributed by atoms with van der Waals surface area (Å²) in [5.74, 6) is 2.02. The summed E-state index contributed by atoms with van der Waals surface area (Å²) in [6, 6.07) is 6.12. The summed E-state index contributed by atoms with van der Waals surface area (Å²) in [6.45, 7) is 5.92. The molecule has 0 fully saturated rings. The first-order valence-electron chi connectivity index (χ1n) is 9.49. The third-order valence-corrected chi connectivity index (χ3v) is 4.82. The van der Waals surface area contributed by atoms with Crippen molar-refractivity contribution in [3.8, 4) is 11.5 Å². The minimum absolute atomic E-state index is 0.155. The Balaban J connectivity index is 1.48. The molecular formula is C19H25N7O2. The van der Waals surface area contributed by atoms with Crippen LogP contribution in [0.25, 0.3) is 11.5 Å². The maximum Gasteiger partial charge on any atom is 0.259 e. The molecule has 0 atom stereocenters. The minimum Gasteiger partial charge on any atom is -0.395 e. The number of aryl methyl sites for hydroxylation is 2. The van der Waals surface area contributed by atoms with Crippen LogP contribution in [0.2, 0.25) is 0 Å². The summed E-state index contributed by atoms with van der Waals surface area (Å²) >= 11 is 0. The van der Waals surface area contributed by atoms with Crippen LogP contribution in [0.1, 0.15) is 23.6 Å². The van der Waals surface area contributed by atoms with Crippen LogP contribution in [-0.2, 0) is 19.6 Å². The lowest BCUT2D eigenvalue weighted by Gasteiger charge is -2.21. The third kappa shape index (κ3) is 4.05. The van der Waals surface area contributed by atoms with Crippen LogP contribution >= 0.6 is 0 Å². The van der Waals surface area contributed by atoms with E-state index in [1.807, 2.05) is 19.2 Å². The van der Waals surface area contributed by atoms with Crippen molar-refractivity contribution in [1.29, 1.82) is 0 Å². The van der Waals surface area contributed by atoms with Gasteiger partial charge in [0.1, 0.15) is 5.82 Å². The summed E-state index contributed by atoms with van der Waals surface area (Å²) in [4.78, 5) is 13.2. The molecule has 4 rings (SSSR count). The lowest BCUT2D eigenvalue weighted by Crippen LogP contribution is -2.23. The Bertz CT molecular complexity index is 919. The van der Waals surface area contributed by atoms with E-state index in [4.69, 9.17) is 14.7 Å². The summed E-state index contributed by atoms with van der Waals surface area (Å²) in [7, 11) is 1.99. The van der Waals surface area contributed by atoms with Crippen LogP contribution in [0.5, 0.6) is 0 Å². The van der Waals surface area contributed by atoms with Gasteiger partial charge in [-0.15, -0.1) is 0 Å². The number of rotatable bonds is 6. The van der Waals surface area contributed by atoms with Gasteiger partial charge in [0.15, 0.2) is 5.82 Å². The smallest absolute Gasteiger partial charge is 0.259 e. The van der Waals surface area contributed by atoms with E-state index in [0.717, 1.165) is 49.7 Å². The van der Waals surface area contributed by atoms with Gasteiger partial charge < -0.3 is 14.5 Å². The fourth-order valence-electron chi connectivity index (χ4n) is 3.43. The standard InChI is InChI=1S/C19H25N7O2/c1-14-21-19(28-23-14)15-4-5-18(20-11-15)25-6-3-7-26-17(13-25)10-16(22-26)12-24(2)8-9-27/h4-5,10-11,27H,3,6-9,12-13H2,1-2H3. The number of aromatic nitrogens is 5. The van der Waals surface area contributed by atoms with Crippen molar-refractivity contribution in [2.24, 2.45) is 0 Å². The first-order valence-corrected chi connectivity index (χ1v) is 9.49. The second kappa shape index (κ2) is 8.07. The molecule has 0 spiro atoms. The van der Waals surface area contributed by atoms with Gasteiger partial charge in [-0.05, 0) is 38.6 Å². The molecule has 28 heavy (non-hydrogen) atoms. The maximum atomic E-state index is 9.07. The van der Waals surface area contributed by atoms with Crippen LogP contribution in [0.15, 0.2) is 28.9 Å². The fourth-order valence-corrected chi connectivity index (χ4v) is 3.43. The van der Waals surface area contributed by atoms with Crippen LogP contribution in [0.4, 0.5) is 5.82 Å². The normalized spacial score (nSPS) is 14.4. The van der Waals surface area contributed by atoms with Crippen molar-refractivity contribution in [1.82, 2.24) is 29.8 Å². The van der Waals surface area contributed by atoms with Crippen LogP contribution in [-0.4, -0.2) is 61.7 Å². The van der Waals surface area contributed by atoms with E-state index < -0.39 is 0 Å². The number of hydrogen-bond donors (Lipinski definition) is 1. The van der Waals surface area contributed by atoms with Gasteiger partial charge in [-0.2, -0.15) is 10.1 Å². The van der Waals surface area contributed by atoms with Gasteiger partial charge in [-0.1, -0.05) is 5.16 Å². The van der Waals surface area contributed by atoms with Gasteiger partial charge in [0.25, 0.3) is 5.89 Å². The van der Waals surface area contributed by atoms with Crippen molar-refractivity contribution in [2.75, 3.05) is 31.6 Å². The highest BCUT2D eigenvalue weighted by Crippen LogP contribution is 2.23. The number of hydrogen-bond acceptors (Lipinski definition) is 8. The van der Waals surface area contributed by atoms with E-state index in [1.54, 1.807) is 13.1 Å². The monoisotopic (exact) mass is 383 g/mol. The molecule has 0 aliphatic carbocycles. The Labute approximate surface area is 163 Å². The molecule has 0 radical (unpaired) electrons. The van der Waals surface area contributed by atoms with E-state index in [-0.39, 0.29) is 6.61 Å². The molecule has 148 valence electrons. The second-order valence-corrected chi connectivity index (χ2v) is 7.14. The molecule has 3 aromatic rings. The molecule has 1 aliphatic heterocycles. The number of likely N-dealkylation sites (N-methyl/N-ethyl adjacent to an activating group) is 1. The lowest BCUT2D eigenvalue weighted by molar-refractivity contribution is 0.215. The Morgan fingerprint density at radius 3 is 2.89 bits per heavy atom. The quantitative estimate of drug-likeness (QED) is 0.684. The van der Waals surface area contributed by atoms with Gasteiger partial charge in [0.05, 0.1) is 30.1 Å². The summed E-state index contributed by atoms with van der Waals surface area (Å²) in [6.07, 6.45) is 2.78. The van der Waals surface area contributed by atoms with Gasteiger partial charge >= 0.3 is 0 Å². The molecule has 0 unspecified atom stereocenters. The van der Waals surface area contributed by atoms with Crippen molar-refractivity contribution in [3.63, 3.8) is 0 Å². The van der Waals surface area contributed by atoms with Gasteiger partial charge in [-0.3, -0.25) is 9.58 Å². The Hall–Kier alpha value is -2.78. The fraction of sp³-hybridized carbons (Fsp3) is 0.474. The van der Waals surface area contributed by atoms with E-state index in [0.29, 0.717) is 18.3 Å². The molecule has 1 N–H and O–H groups in total. The first kappa shape index (κ1) is 18.6. The first-order chi connectivity index (χ1) is 13.6. The predicted molar refractivity (Wildman–Crippen MR) is 104 cm³/mol. The Morgan fingerprint density at radius 1 is 1.29 bits per heavy atom. The summed E-state index contributed by atoms with van der Waals surface area (Å²) in [5, 5.41) is 17.6. The zero-order valence-corrected chi connectivity index (χ0v) is 16.2. The number of aliphatic hydroxyl groups is 1. The Morgan fingerprint density at radius 2 is 2.18 bits per heavy atom. The van der Waals surface area contributed by atoms with Gasteiger partial charge in [-0.25, -0.2) is 4.98 Å². The van der Waals surface area contributed by atoms with E-state index in [2.05, 4.69) is 35.7 Å². The number of anilines is 1. The molecule has 0 saturated carbocycles. The molecular weight excluding hydrogens is 358 g/mol. The zero-order chi connectivity index (χ0) is 19.5. The number of aliphatic hydroxyl groups excluding tert-OH is 1. The second-order valence-electron chi connectivity index (χ2n) is 7.14. The molecule has 3 aromatic heterocycles. The molecule has 9 heteroatoms. The predicted octanol–water partition coefficient (Wildman–Crippen LogP) is 1.47. The van der Waals surface area contributed by atoms with Crippen LogP contribution in [0, 0.1) is 6.92 Å². The molecule has 0 aromatic carbocycles. The molecule has 9 nitrogen and oxygen atoms in total. The molecule has 4 heterocycles. The van der Waals surface area contributed by atoms with E-state index in [9.17, 15) is 0 Å². The van der Waals surface area contributed by atoms with Crippen molar-refractivity contribution >= 4 is 5.82 Å². The summed E-state index contributed by atoms with van der Waals surface area (Å²) in [5.41, 5.74) is 3.03. The highest BCUT2D eigenvalue weighted by molar-refractivity contribution is 5.54. The third-order valence-electron chi connectivity index (χ3n) is 4.82. The highest BCUT2D eigenvalue weighted by atomic mass is 16.5. The average Bonchev–Trinajstić information content (AvgIpc) is 3.22. The van der Waals surface area contributed by atoms with E-state index in [1.165, 1.54) is 5.69 Å². The topological polar surface area (TPSA) is 96.3 Å². The Kier molecular flexibility index (Phi) is 5.36. The molecule has 0 saturated heterocycles. The number of nitrogens with zero attached hydrogens (tertiary/aromatic N) is 7. The number of fused-ring (bicyclic) bond motifs is 1. The molecule has 0 bridgehead atoms. The maximum absolute atomic E-state index is 9.07. The van der Waals surface area contributed by atoms with Gasteiger partial charge in [0, 0.05) is 32.4 Å². The lowest BCUT2D eigenvalue weighted by atomic mass is 10.2.